The molecule has 4 fully saturated rings. The fourth-order valence-electron chi connectivity index (χ4n) is 5.40. The van der Waals surface area contributed by atoms with Crippen molar-refractivity contribution in [3.05, 3.63) is 0 Å². The lowest BCUT2D eigenvalue weighted by molar-refractivity contribution is -0.777. The van der Waals surface area contributed by atoms with E-state index < -0.39 is 23.3 Å². The third-order valence-electron chi connectivity index (χ3n) is 5.55. The molecule has 0 heterocycles. The Hall–Kier alpha value is -0.480. The van der Waals surface area contributed by atoms with Crippen LogP contribution in [0.4, 0.5) is 8.78 Å². The van der Waals surface area contributed by atoms with Crippen LogP contribution in [-0.4, -0.2) is 29.5 Å². The van der Waals surface area contributed by atoms with Gasteiger partial charge in [-0.3, -0.25) is 5.04 Å². The number of hydrogen-bond donors (Lipinski definition) is 1. The van der Waals surface area contributed by atoms with Crippen molar-refractivity contribution >= 4 is 18.0 Å². The normalized spacial score (nSPS) is 38.8. The standard InChI is InChI=1S/C14H20F2O6S/c15-14(16,23-22-21-19)11(18)20-8-13-4-9-1-10(5-13)3-12(2-9,6-13)7-17/h9-10,17,19H,1-8H2/p-1. The molecule has 132 valence electrons. The summed E-state index contributed by atoms with van der Waals surface area (Å²) in [5, 5.41) is 18.2. The molecule has 1 N–H and O–H groups in total. The molecule has 0 radical (unpaired) electrons. The van der Waals surface area contributed by atoms with E-state index in [0.717, 1.165) is 32.1 Å². The maximum Gasteiger partial charge on any atom is 0.415 e. The van der Waals surface area contributed by atoms with Gasteiger partial charge < -0.3 is 15.1 Å². The summed E-state index contributed by atoms with van der Waals surface area (Å²) in [4.78, 5) is 11.5. The molecule has 0 aromatic heterocycles. The third kappa shape index (κ3) is 3.34. The number of aliphatic hydroxyl groups is 1. The van der Waals surface area contributed by atoms with E-state index in [0.29, 0.717) is 18.3 Å². The van der Waals surface area contributed by atoms with Crippen LogP contribution in [0.25, 0.3) is 0 Å². The highest BCUT2D eigenvalue weighted by Crippen LogP contribution is 2.65. The Bertz CT molecular complexity index is 460. The minimum absolute atomic E-state index is 0.0883. The molecule has 0 saturated heterocycles. The summed E-state index contributed by atoms with van der Waals surface area (Å²) in [6.07, 6.45) is 5.44. The third-order valence-corrected chi connectivity index (χ3v) is 6.05. The molecular formula is C14H19F2O6S-. The van der Waals surface area contributed by atoms with E-state index in [-0.39, 0.29) is 24.0 Å². The van der Waals surface area contributed by atoms with Gasteiger partial charge in [0.2, 0.25) is 0 Å². The second-order valence-electron chi connectivity index (χ2n) is 7.43. The van der Waals surface area contributed by atoms with Gasteiger partial charge in [0, 0.05) is 12.0 Å². The molecule has 0 aromatic rings. The fourth-order valence-corrected chi connectivity index (χ4v) is 5.64. The first-order valence-electron chi connectivity index (χ1n) is 7.62. The Morgan fingerprint density at radius 2 is 1.87 bits per heavy atom. The number of hydrogen-bond acceptors (Lipinski definition) is 7. The van der Waals surface area contributed by atoms with Crippen LogP contribution in [-0.2, 0) is 18.9 Å². The molecule has 0 aliphatic heterocycles. The Balaban J connectivity index is 1.63. The summed E-state index contributed by atoms with van der Waals surface area (Å²) in [5.41, 5.74) is -0.466. The van der Waals surface area contributed by atoms with Crippen LogP contribution in [0, 0.1) is 22.7 Å². The van der Waals surface area contributed by atoms with Gasteiger partial charge in [0.15, 0.2) is 0 Å². The summed E-state index contributed by atoms with van der Waals surface area (Å²) in [7, 11) is 0. The first-order valence-corrected chi connectivity index (χ1v) is 8.36. The fraction of sp³-hybridized carbons (Fsp3) is 0.929. The first kappa shape index (κ1) is 17.3. The molecule has 6 nitrogen and oxygen atoms in total. The summed E-state index contributed by atoms with van der Waals surface area (Å²) < 4.78 is 35.2. The lowest BCUT2D eigenvalue weighted by Gasteiger charge is -2.61. The molecule has 4 aliphatic rings. The van der Waals surface area contributed by atoms with Gasteiger partial charge in [0.25, 0.3) is 0 Å². The number of carbonyl (C=O) groups is 1. The lowest BCUT2D eigenvalue weighted by atomic mass is 9.44. The first-order chi connectivity index (χ1) is 10.8. The van der Waals surface area contributed by atoms with Gasteiger partial charge in [-0.05, 0) is 55.8 Å². The summed E-state index contributed by atoms with van der Waals surface area (Å²) in [6, 6.07) is 0. The molecule has 9 heteroatoms. The van der Waals surface area contributed by atoms with Crippen molar-refractivity contribution in [2.24, 2.45) is 22.7 Å². The van der Waals surface area contributed by atoms with Crippen LogP contribution in [0.5, 0.6) is 0 Å². The Labute approximate surface area is 136 Å². The minimum atomic E-state index is -4.00. The monoisotopic (exact) mass is 353 g/mol. The van der Waals surface area contributed by atoms with Crippen molar-refractivity contribution in [3.8, 4) is 0 Å². The Morgan fingerprint density at radius 3 is 2.43 bits per heavy atom. The smallest absolute Gasteiger partial charge is 0.415 e. The van der Waals surface area contributed by atoms with Crippen LogP contribution in [0.15, 0.2) is 0 Å². The highest BCUT2D eigenvalue weighted by Gasteiger charge is 2.58. The van der Waals surface area contributed by atoms with Crippen molar-refractivity contribution in [3.63, 3.8) is 0 Å². The molecule has 2 atom stereocenters. The van der Waals surface area contributed by atoms with Gasteiger partial charge in [-0.15, -0.1) is 0 Å². The van der Waals surface area contributed by atoms with Gasteiger partial charge >= 0.3 is 11.2 Å². The van der Waals surface area contributed by atoms with Gasteiger partial charge in [-0.2, -0.15) is 13.1 Å². The zero-order chi connectivity index (χ0) is 16.7. The average Bonchev–Trinajstić information content (AvgIpc) is 2.49. The number of alkyl halides is 2. The van der Waals surface area contributed by atoms with Gasteiger partial charge in [-0.1, -0.05) is 0 Å². The highest BCUT2D eigenvalue weighted by molar-refractivity contribution is 7.96. The molecule has 0 spiro atoms. The quantitative estimate of drug-likeness (QED) is 0.322. The van der Waals surface area contributed by atoms with Crippen LogP contribution < -0.4 is 5.26 Å². The topological polar surface area (TPSA) is 88.1 Å². The van der Waals surface area contributed by atoms with Crippen molar-refractivity contribution in [2.45, 2.75) is 43.8 Å². The molecule has 4 aliphatic carbocycles. The molecule has 23 heavy (non-hydrogen) atoms. The molecule has 2 unspecified atom stereocenters. The zero-order valence-corrected chi connectivity index (χ0v) is 13.3. The van der Waals surface area contributed by atoms with Crippen molar-refractivity contribution in [1.82, 2.24) is 0 Å². The van der Waals surface area contributed by atoms with Crippen LogP contribution >= 0.6 is 12.0 Å². The number of aliphatic hydroxyl groups excluding tert-OH is 1. The van der Waals surface area contributed by atoms with E-state index in [1.807, 2.05) is 0 Å². The maximum absolute atomic E-state index is 13.4. The Morgan fingerprint density at radius 1 is 1.26 bits per heavy atom. The van der Waals surface area contributed by atoms with Crippen LogP contribution in [0.1, 0.15) is 38.5 Å². The summed E-state index contributed by atoms with van der Waals surface area (Å²) in [6.45, 7) is 0.00531. The minimum Gasteiger partial charge on any atom is -0.691 e. The number of carbonyl (C=O) groups excluding carboxylic acids is 1. The Kier molecular flexibility index (Phi) is 4.61. The molecule has 4 rings (SSSR count). The number of rotatable bonds is 7. The van der Waals surface area contributed by atoms with Crippen molar-refractivity contribution < 1.29 is 38.0 Å². The summed E-state index contributed by atoms with van der Waals surface area (Å²) >= 11 is -0.675. The van der Waals surface area contributed by atoms with E-state index >= 15 is 0 Å². The van der Waals surface area contributed by atoms with Gasteiger partial charge in [0.1, 0.15) is 12.0 Å². The van der Waals surface area contributed by atoms with E-state index in [9.17, 15) is 23.9 Å². The number of esters is 1. The molecule has 0 aromatic carbocycles. The molecule has 0 amide bonds. The second kappa shape index (κ2) is 6.11. The van der Waals surface area contributed by atoms with E-state index in [1.165, 1.54) is 0 Å². The van der Waals surface area contributed by atoms with Gasteiger partial charge in [0.05, 0.1) is 6.61 Å². The largest absolute Gasteiger partial charge is 0.691 e. The maximum atomic E-state index is 13.4. The molecular weight excluding hydrogens is 334 g/mol. The number of ether oxygens (including phenoxy) is 1. The second-order valence-corrected chi connectivity index (χ2v) is 8.25. The average molecular weight is 353 g/mol. The number of halogens is 2. The van der Waals surface area contributed by atoms with Gasteiger partial charge in [-0.25, -0.2) is 4.79 Å². The van der Waals surface area contributed by atoms with E-state index in [2.05, 4.69) is 9.37 Å². The van der Waals surface area contributed by atoms with E-state index in [4.69, 9.17) is 4.74 Å². The van der Waals surface area contributed by atoms with Crippen LogP contribution in [0.3, 0.4) is 0 Å². The van der Waals surface area contributed by atoms with Crippen molar-refractivity contribution in [1.29, 1.82) is 0 Å². The predicted octanol–water partition coefficient (Wildman–Crippen LogP) is 1.57. The van der Waals surface area contributed by atoms with E-state index in [1.54, 1.807) is 0 Å². The SMILES string of the molecule is O=C(OCC12CC3CC(CC(CO)(C3)C1)C2)C(F)(F)SOO[O-]. The lowest BCUT2D eigenvalue weighted by Crippen LogP contribution is -2.55. The zero-order valence-electron chi connectivity index (χ0n) is 12.5. The van der Waals surface area contributed by atoms with Crippen molar-refractivity contribution in [2.75, 3.05) is 13.2 Å². The predicted molar refractivity (Wildman–Crippen MR) is 72.3 cm³/mol. The molecule has 4 saturated carbocycles. The summed E-state index contributed by atoms with van der Waals surface area (Å²) in [5.74, 6) is -0.809. The highest BCUT2D eigenvalue weighted by atomic mass is 32.2. The van der Waals surface area contributed by atoms with Crippen LogP contribution in [0.2, 0.25) is 0 Å². The molecule has 4 bridgehead atoms.